The van der Waals surface area contributed by atoms with Crippen LogP contribution in [-0.2, 0) is 11.3 Å². The number of rotatable bonds is 7. The Bertz CT molecular complexity index is 1080. The van der Waals surface area contributed by atoms with Crippen molar-refractivity contribution in [2.24, 2.45) is 4.99 Å². The zero-order chi connectivity index (χ0) is 21.6. The monoisotopic (exact) mass is 439 g/mol. The van der Waals surface area contributed by atoms with Gasteiger partial charge in [0, 0.05) is 37.1 Å². The summed E-state index contributed by atoms with van der Waals surface area (Å²) in [7, 11) is 3.32. The van der Waals surface area contributed by atoms with E-state index < -0.39 is 0 Å². The molecule has 0 radical (unpaired) electrons. The van der Waals surface area contributed by atoms with Crippen LogP contribution in [0.1, 0.15) is 5.56 Å². The first-order chi connectivity index (χ1) is 15.2. The third-order valence-electron chi connectivity index (χ3n) is 5.45. The molecule has 7 heteroatoms. The van der Waals surface area contributed by atoms with Crippen molar-refractivity contribution >= 4 is 17.0 Å². The summed E-state index contributed by atoms with van der Waals surface area (Å²) in [5.41, 5.74) is 4.39. The van der Waals surface area contributed by atoms with Crippen molar-refractivity contribution in [2.45, 2.75) is 13.5 Å². The predicted molar refractivity (Wildman–Crippen MR) is 125 cm³/mol. The quantitative estimate of drug-likeness (QED) is 0.556. The summed E-state index contributed by atoms with van der Waals surface area (Å²) in [5.74, 6) is 1.45. The van der Waals surface area contributed by atoms with E-state index in [4.69, 9.17) is 19.2 Å². The van der Waals surface area contributed by atoms with Crippen LogP contribution in [0.2, 0.25) is 0 Å². The maximum absolute atomic E-state index is 5.53. The summed E-state index contributed by atoms with van der Waals surface area (Å²) in [6.45, 7) is 7.46. The highest BCUT2D eigenvalue weighted by atomic mass is 32.1. The van der Waals surface area contributed by atoms with E-state index in [1.807, 2.05) is 12.1 Å². The largest absolute Gasteiger partial charge is 0.493 e. The fraction of sp³-hybridized carbons (Fsp3) is 0.375. The first kappa shape index (κ1) is 21.6. The van der Waals surface area contributed by atoms with Gasteiger partial charge in [0.1, 0.15) is 0 Å². The minimum atomic E-state index is 0.725. The molecule has 164 valence electrons. The Kier molecular flexibility index (Phi) is 7.06. The summed E-state index contributed by atoms with van der Waals surface area (Å²) in [6.07, 6.45) is 0. The van der Waals surface area contributed by atoms with E-state index in [0.717, 1.165) is 72.6 Å². The van der Waals surface area contributed by atoms with Gasteiger partial charge in [-0.15, -0.1) is 11.3 Å². The Morgan fingerprint density at radius 1 is 1.00 bits per heavy atom. The molecule has 1 aliphatic rings. The lowest BCUT2D eigenvalue weighted by Crippen LogP contribution is -2.39. The van der Waals surface area contributed by atoms with Crippen molar-refractivity contribution in [3.05, 3.63) is 58.2 Å². The minimum absolute atomic E-state index is 0.725. The van der Waals surface area contributed by atoms with Gasteiger partial charge in [-0.1, -0.05) is 12.1 Å². The molecule has 1 aliphatic heterocycles. The molecule has 1 aromatic heterocycles. The molecule has 0 N–H and O–H groups in total. The third-order valence-corrected chi connectivity index (χ3v) is 6.31. The molecule has 4 rings (SSSR count). The van der Waals surface area contributed by atoms with Crippen LogP contribution in [0.25, 0.3) is 11.3 Å². The van der Waals surface area contributed by atoms with Crippen molar-refractivity contribution < 1.29 is 14.2 Å². The maximum Gasteiger partial charge on any atom is 0.190 e. The number of hydrogen-bond donors (Lipinski definition) is 0. The molecule has 31 heavy (non-hydrogen) atoms. The van der Waals surface area contributed by atoms with Gasteiger partial charge in [-0.3, -0.25) is 4.90 Å². The first-order valence-corrected chi connectivity index (χ1v) is 11.4. The van der Waals surface area contributed by atoms with Crippen molar-refractivity contribution in [2.75, 3.05) is 47.1 Å². The Morgan fingerprint density at radius 3 is 2.55 bits per heavy atom. The van der Waals surface area contributed by atoms with E-state index >= 15 is 0 Å². The first-order valence-electron chi connectivity index (χ1n) is 10.5. The number of ether oxygens (including phenoxy) is 3. The molecule has 2 aromatic carbocycles. The Morgan fingerprint density at radius 2 is 1.81 bits per heavy atom. The van der Waals surface area contributed by atoms with E-state index in [2.05, 4.69) is 52.1 Å². The molecule has 0 unspecified atom stereocenters. The van der Waals surface area contributed by atoms with Gasteiger partial charge < -0.3 is 18.8 Å². The van der Waals surface area contributed by atoms with Crippen LogP contribution in [0.3, 0.4) is 0 Å². The van der Waals surface area contributed by atoms with Crippen molar-refractivity contribution in [3.8, 4) is 22.8 Å². The van der Waals surface area contributed by atoms with Crippen molar-refractivity contribution in [3.63, 3.8) is 0 Å². The number of aryl methyl sites for hydroxylation is 1. The zero-order valence-corrected chi connectivity index (χ0v) is 19.2. The second kappa shape index (κ2) is 10.1. The molecule has 0 aliphatic carbocycles. The topological polar surface area (TPSA) is 48.2 Å². The average molecular weight is 440 g/mol. The number of morpholine rings is 1. The highest BCUT2D eigenvalue weighted by Gasteiger charge is 2.15. The number of benzene rings is 2. The second-order valence-corrected chi connectivity index (χ2v) is 8.37. The summed E-state index contributed by atoms with van der Waals surface area (Å²) in [4.78, 5) is 8.41. The number of thiazole rings is 1. The fourth-order valence-electron chi connectivity index (χ4n) is 3.74. The number of methoxy groups -OCH3 is 2. The Balaban J connectivity index is 1.73. The van der Waals surface area contributed by atoms with Crippen LogP contribution in [0.5, 0.6) is 11.5 Å². The summed E-state index contributed by atoms with van der Waals surface area (Å²) < 4.78 is 18.8. The van der Waals surface area contributed by atoms with Crippen LogP contribution in [0, 0.1) is 6.92 Å². The zero-order valence-electron chi connectivity index (χ0n) is 18.3. The van der Waals surface area contributed by atoms with Crippen LogP contribution >= 0.6 is 11.3 Å². The molecule has 0 amide bonds. The second-order valence-electron chi connectivity index (χ2n) is 7.53. The van der Waals surface area contributed by atoms with Crippen LogP contribution in [0.15, 0.2) is 52.8 Å². The van der Waals surface area contributed by atoms with Gasteiger partial charge in [-0.2, -0.15) is 0 Å². The van der Waals surface area contributed by atoms with Gasteiger partial charge >= 0.3 is 0 Å². The summed E-state index contributed by atoms with van der Waals surface area (Å²) in [6, 6.07) is 14.4. The predicted octanol–water partition coefficient (Wildman–Crippen LogP) is 4.11. The van der Waals surface area contributed by atoms with E-state index in [0.29, 0.717) is 0 Å². The Hall–Kier alpha value is -2.61. The molecule has 1 fully saturated rings. The summed E-state index contributed by atoms with van der Waals surface area (Å²) >= 11 is 1.66. The third kappa shape index (κ3) is 5.18. The number of hydrogen-bond acceptors (Lipinski definition) is 6. The lowest BCUT2D eigenvalue weighted by Gasteiger charge is -2.26. The van der Waals surface area contributed by atoms with Gasteiger partial charge in [0.15, 0.2) is 16.3 Å². The molecule has 0 bridgehead atoms. The number of aromatic nitrogens is 1. The molecule has 1 saturated heterocycles. The average Bonchev–Trinajstić information content (AvgIpc) is 3.20. The van der Waals surface area contributed by atoms with Gasteiger partial charge in [-0.05, 0) is 42.8 Å². The molecule has 3 aromatic rings. The molecule has 0 atom stereocenters. The lowest BCUT2D eigenvalue weighted by molar-refractivity contribution is 0.0363. The van der Waals surface area contributed by atoms with E-state index in [1.54, 1.807) is 25.6 Å². The van der Waals surface area contributed by atoms with Crippen molar-refractivity contribution in [1.82, 2.24) is 9.47 Å². The van der Waals surface area contributed by atoms with Gasteiger partial charge in [-0.25, -0.2) is 4.99 Å². The minimum Gasteiger partial charge on any atom is -0.493 e. The number of nitrogens with zero attached hydrogens (tertiary/aromatic N) is 3. The fourth-order valence-corrected chi connectivity index (χ4v) is 4.69. The van der Waals surface area contributed by atoms with Crippen molar-refractivity contribution in [1.29, 1.82) is 0 Å². The molecular formula is C24H29N3O3S. The summed E-state index contributed by atoms with van der Waals surface area (Å²) in [5, 5.41) is 2.18. The van der Waals surface area contributed by atoms with Gasteiger partial charge in [0.05, 0.1) is 38.8 Å². The normalized spacial score (nSPS) is 15.3. The smallest absolute Gasteiger partial charge is 0.190 e. The SMILES string of the molecule is COc1ccc(-c2csc(=Nc3cccc(C)c3)n2CCN2CCOCC2)cc1OC. The standard InChI is InChI=1S/C24H29N3O3S/c1-18-5-4-6-20(15-18)25-24-27(10-9-26-11-13-30-14-12-26)21(17-31-24)19-7-8-22(28-2)23(16-19)29-3/h4-8,15-17H,9-14H2,1-3H3. The van der Waals surface area contributed by atoms with Gasteiger partial charge in [0.2, 0.25) is 0 Å². The highest BCUT2D eigenvalue weighted by Crippen LogP contribution is 2.32. The van der Waals surface area contributed by atoms with Crippen LogP contribution in [-0.4, -0.2) is 56.5 Å². The van der Waals surface area contributed by atoms with Crippen LogP contribution in [0.4, 0.5) is 5.69 Å². The van der Waals surface area contributed by atoms with Gasteiger partial charge in [0.25, 0.3) is 0 Å². The molecule has 6 nitrogen and oxygen atoms in total. The van der Waals surface area contributed by atoms with E-state index in [9.17, 15) is 0 Å². The molecule has 0 saturated carbocycles. The van der Waals surface area contributed by atoms with E-state index in [1.165, 1.54) is 5.56 Å². The maximum atomic E-state index is 5.53. The van der Waals surface area contributed by atoms with Crippen LogP contribution < -0.4 is 14.3 Å². The molecule has 2 heterocycles. The Labute approximate surface area is 187 Å². The molecule has 0 spiro atoms. The highest BCUT2D eigenvalue weighted by molar-refractivity contribution is 7.07. The lowest BCUT2D eigenvalue weighted by atomic mass is 10.1. The van der Waals surface area contributed by atoms with E-state index in [-0.39, 0.29) is 0 Å². The molecular weight excluding hydrogens is 410 g/mol.